The molecule has 18 heavy (non-hydrogen) atoms. The van der Waals surface area contributed by atoms with Crippen LogP contribution in [0.5, 0.6) is 0 Å². The lowest BCUT2D eigenvalue weighted by molar-refractivity contribution is -0.119. The number of benzene rings is 1. The van der Waals surface area contributed by atoms with Crippen molar-refractivity contribution in [2.45, 2.75) is 20.3 Å². The lowest BCUT2D eigenvalue weighted by Crippen LogP contribution is -2.23. The molecule has 0 bridgehead atoms. The van der Waals surface area contributed by atoms with Crippen LogP contribution in [0, 0.1) is 19.8 Å². The van der Waals surface area contributed by atoms with Gasteiger partial charge in [-0.05, 0) is 43.5 Å². The number of aryl methyl sites for hydroxylation is 2. The zero-order valence-corrected chi connectivity index (χ0v) is 11.4. The first-order valence-corrected chi connectivity index (χ1v) is 7.78. The largest absolute Gasteiger partial charge is 0.326 e. The van der Waals surface area contributed by atoms with Crippen LogP contribution < -0.4 is 5.32 Å². The summed E-state index contributed by atoms with van der Waals surface area (Å²) < 4.78 is 22.6. The molecule has 1 aromatic carbocycles. The van der Waals surface area contributed by atoms with Gasteiger partial charge in [0.1, 0.15) is 0 Å². The number of hydrogen-bond acceptors (Lipinski definition) is 3. The molecule has 1 heterocycles. The number of carbonyl (C=O) groups excluding carboxylic acids is 1. The monoisotopic (exact) mass is 267 g/mol. The number of carbonyl (C=O) groups is 1. The van der Waals surface area contributed by atoms with Crippen molar-refractivity contribution in [3.05, 3.63) is 29.3 Å². The van der Waals surface area contributed by atoms with Gasteiger partial charge in [0.2, 0.25) is 5.91 Å². The summed E-state index contributed by atoms with van der Waals surface area (Å²) in [5.41, 5.74) is 3.00. The second-order valence-electron chi connectivity index (χ2n) is 4.89. The Labute approximate surface area is 107 Å². The van der Waals surface area contributed by atoms with Gasteiger partial charge >= 0.3 is 0 Å². The molecule has 2 rings (SSSR count). The first-order chi connectivity index (χ1) is 8.37. The fourth-order valence-corrected chi connectivity index (χ4v) is 3.81. The maximum atomic E-state index is 11.9. The molecule has 1 aliphatic rings. The van der Waals surface area contributed by atoms with Gasteiger partial charge in [-0.25, -0.2) is 8.42 Å². The number of anilines is 1. The molecule has 0 saturated carbocycles. The molecule has 1 aromatic rings. The molecule has 1 atom stereocenters. The van der Waals surface area contributed by atoms with Crippen LogP contribution in [-0.2, 0) is 14.6 Å². The minimum absolute atomic E-state index is 0.0241. The summed E-state index contributed by atoms with van der Waals surface area (Å²) in [5, 5.41) is 2.79. The second kappa shape index (κ2) is 4.72. The molecule has 1 fully saturated rings. The first kappa shape index (κ1) is 13.1. The van der Waals surface area contributed by atoms with Crippen molar-refractivity contribution in [3.63, 3.8) is 0 Å². The van der Waals surface area contributed by atoms with Crippen LogP contribution in [0.1, 0.15) is 17.5 Å². The molecule has 0 aromatic heterocycles. The topological polar surface area (TPSA) is 63.2 Å². The summed E-state index contributed by atoms with van der Waals surface area (Å²) >= 11 is 0. The van der Waals surface area contributed by atoms with Crippen molar-refractivity contribution in [2.75, 3.05) is 16.8 Å². The van der Waals surface area contributed by atoms with Crippen molar-refractivity contribution >= 4 is 21.4 Å². The maximum absolute atomic E-state index is 11.9. The first-order valence-electron chi connectivity index (χ1n) is 5.96. The Kier molecular flexibility index (Phi) is 3.43. The van der Waals surface area contributed by atoms with Gasteiger partial charge in [0.15, 0.2) is 9.84 Å². The summed E-state index contributed by atoms with van der Waals surface area (Å²) in [5.74, 6) is -0.502. The highest BCUT2D eigenvalue weighted by molar-refractivity contribution is 7.91. The average Bonchev–Trinajstić information content (AvgIpc) is 2.64. The number of amides is 1. The standard InChI is InChI=1S/C13H17NO3S/c1-9-3-4-12(7-10(9)2)14-13(15)11-5-6-18(16,17)8-11/h3-4,7,11H,5-6,8H2,1-2H3,(H,14,15)/t11-/m0/s1. The van der Waals surface area contributed by atoms with Gasteiger partial charge in [0, 0.05) is 5.69 Å². The third-order valence-corrected chi connectivity index (χ3v) is 5.15. The summed E-state index contributed by atoms with van der Waals surface area (Å²) in [7, 11) is -3.01. The molecule has 1 N–H and O–H groups in total. The molecule has 98 valence electrons. The molecule has 1 aliphatic heterocycles. The molecule has 0 unspecified atom stereocenters. The Morgan fingerprint density at radius 3 is 2.56 bits per heavy atom. The summed E-state index contributed by atoms with van der Waals surface area (Å²) in [6.07, 6.45) is 0.430. The number of sulfone groups is 1. The normalized spacial score (nSPS) is 21.8. The van der Waals surface area contributed by atoms with Gasteiger partial charge in [-0.1, -0.05) is 6.07 Å². The SMILES string of the molecule is Cc1ccc(NC(=O)[C@H]2CCS(=O)(=O)C2)cc1C. The van der Waals surface area contributed by atoms with E-state index in [0.717, 1.165) is 16.8 Å². The summed E-state index contributed by atoms with van der Waals surface area (Å²) in [6.45, 7) is 3.98. The van der Waals surface area contributed by atoms with E-state index in [4.69, 9.17) is 0 Å². The van der Waals surface area contributed by atoms with Gasteiger partial charge in [-0.3, -0.25) is 4.79 Å². The zero-order chi connectivity index (χ0) is 13.3. The van der Waals surface area contributed by atoms with Crippen LogP contribution in [0.15, 0.2) is 18.2 Å². The van der Waals surface area contributed by atoms with Crippen LogP contribution in [0.25, 0.3) is 0 Å². The number of nitrogens with one attached hydrogen (secondary N) is 1. The van der Waals surface area contributed by atoms with Crippen molar-refractivity contribution in [1.82, 2.24) is 0 Å². The molecule has 0 radical (unpaired) electrons. The van der Waals surface area contributed by atoms with Crippen LogP contribution in [0.3, 0.4) is 0 Å². The Morgan fingerprint density at radius 2 is 2.00 bits per heavy atom. The number of rotatable bonds is 2. The Bertz CT molecular complexity index is 578. The molecule has 0 aliphatic carbocycles. The minimum Gasteiger partial charge on any atom is -0.326 e. The predicted molar refractivity (Wildman–Crippen MR) is 71.3 cm³/mol. The zero-order valence-electron chi connectivity index (χ0n) is 10.6. The van der Waals surface area contributed by atoms with E-state index in [1.165, 1.54) is 0 Å². The highest BCUT2D eigenvalue weighted by Gasteiger charge is 2.32. The predicted octanol–water partition coefficient (Wildman–Crippen LogP) is 1.68. The lowest BCUT2D eigenvalue weighted by Gasteiger charge is -2.10. The molecular weight excluding hydrogens is 250 g/mol. The van der Waals surface area contributed by atoms with E-state index < -0.39 is 15.8 Å². The lowest BCUT2D eigenvalue weighted by atomic mass is 10.1. The van der Waals surface area contributed by atoms with E-state index in [2.05, 4.69) is 5.32 Å². The molecule has 0 spiro atoms. The van der Waals surface area contributed by atoms with Crippen molar-refractivity contribution < 1.29 is 13.2 Å². The van der Waals surface area contributed by atoms with Crippen LogP contribution in [0.4, 0.5) is 5.69 Å². The van der Waals surface area contributed by atoms with E-state index in [1.54, 1.807) is 0 Å². The van der Waals surface area contributed by atoms with Gasteiger partial charge < -0.3 is 5.32 Å². The molecular formula is C13H17NO3S. The molecule has 4 nitrogen and oxygen atoms in total. The third-order valence-electron chi connectivity index (χ3n) is 3.38. The van der Waals surface area contributed by atoms with E-state index in [0.29, 0.717) is 6.42 Å². The van der Waals surface area contributed by atoms with Gasteiger partial charge in [-0.2, -0.15) is 0 Å². The van der Waals surface area contributed by atoms with Crippen molar-refractivity contribution in [3.8, 4) is 0 Å². The summed E-state index contributed by atoms with van der Waals surface area (Å²) in [6, 6.07) is 5.68. The Balaban J connectivity index is 2.06. The third kappa shape index (κ3) is 2.90. The highest BCUT2D eigenvalue weighted by atomic mass is 32.2. The van der Waals surface area contributed by atoms with Crippen LogP contribution in [0.2, 0.25) is 0 Å². The molecule has 5 heteroatoms. The maximum Gasteiger partial charge on any atom is 0.228 e. The summed E-state index contributed by atoms with van der Waals surface area (Å²) in [4.78, 5) is 11.9. The fraction of sp³-hybridized carbons (Fsp3) is 0.462. The van der Waals surface area contributed by atoms with E-state index in [-0.39, 0.29) is 17.4 Å². The van der Waals surface area contributed by atoms with Crippen LogP contribution >= 0.6 is 0 Å². The van der Waals surface area contributed by atoms with Gasteiger partial charge in [-0.15, -0.1) is 0 Å². The van der Waals surface area contributed by atoms with Gasteiger partial charge in [0.25, 0.3) is 0 Å². The fourth-order valence-electron chi connectivity index (χ4n) is 2.07. The molecule has 1 saturated heterocycles. The minimum atomic E-state index is -3.01. The Hall–Kier alpha value is -1.36. The van der Waals surface area contributed by atoms with E-state index >= 15 is 0 Å². The molecule has 1 amide bonds. The number of hydrogen-bond donors (Lipinski definition) is 1. The highest BCUT2D eigenvalue weighted by Crippen LogP contribution is 2.21. The second-order valence-corrected chi connectivity index (χ2v) is 7.12. The van der Waals surface area contributed by atoms with Crippen LogP contribution in [-0.4, -0.2) is 25.8 Å². The van der Waals surface area contributed by atoms with Crippen molar-refractivity contribution in [1.29, 1.82) is 0 Å². The Morgan fingerprint density at radius 1 is 1.28 bits per heavy atom. The quantitative estimate of drug-likeness (QED) is 0.886. The smallest absolute Gasteiger partial charge is 0.228 e. The van der Waals surface area contributed by atoms with Crippen molar-refractivity contribution in [2.24, 2.45) is 5.92 Å². The van der Waals surface area contributed by atoms with E-state index in [1.807, 2.05) is 32.0 Å². The van der Waals surface area contributed by atoms with Gasteiger partial charge in [0.05, 0.1) is 17.4 Å². The average molecular weight is 267 g/mol. The van der Waals surface area contributed by atoms with E-state index in [9.17, 15) is 13.2 Å².